The Bertz CT molecular complexity index is 7140. The van der Waals surface area contributed by atoms with E-state index in [4.69, 9.17) is 4.42 Å². The third-order valence-electron chi connectivity index (χ3n) is 23.4. The van der Waals surface area contributed by atoms with E-state index in [9.17, 15) is 0 Å². The van der Waals surface area contributed by atoms with E-state index in [1.54, 1.807) is 0 Å². The molecule has 21 aromatic rings. The van der Waals surface area contributed by atoms with Gasteiger partial charge in [0.2, 0.25) is 0 Å². The molecule has 0 bridgehead atoms. The highest BCUT2D eigenvalue weighted by atomic mass is 32.1. The number of benzene rings is 18. The Balaban J connectivity index is 0.884. The number of fused-ring (bicyclic) bond motifs is 15. The lowest BCUT2D eigenvalue weighted by atomic mass is 9.33. The highest BCUT2D eigenvalue weighted by Crippen LogP contribution is 2.56. The zero-order valence-electron chi connectivity index (χ0n) is 59.7. The van der Waals surface area contributed by atoms with E-state index in [0.717, 1.165) is 161 Å². The highest BCUT2D eigenvalue weighted by molar-refractivity contribution is 7.25. The van der Waals surface area contributed by atoms with Gasteiger partial charge in [-0.15, -0.1) is 11.3 Å². The number of para-hydroxylation sites is 6. The third-order valence-corrected chi connectivity index (χ3v) is 24.5. The van der Waals surface area contributed by atoms with Crippen molar-refractivity contribution in [3.63, 3.8) is 0 Å². The maximum atomic E-state index is 6.95. The molecule has 0 saturated carbocycles. The van der Waals surface area contributed by atoms with Crippen LogP contribution in [0, 0.1) is 0 Å². The normalized spacial score (nSPS) is 12.5. The molecule has 0 spiro atoms. The van der Waals surface area contributed by atoms with Crippen molar-refractivity contribution in [1.82, 2.24) is 4.57 Å². The third kappa shape index (κ3) is 9.46. The van der Waals surface area contributed by atoms with Crippen molar-refractivity contribution in [3.8, 4) is 83.6 Å². The van der Waals surface area contributed by atoms with Crippen molar-refractivity contribution in [2.24, 2.45) is 0 Å². The molecule has 510 valence electrons. The minimum atomic E-state index is -0.306. The lowest BCUT2D eigenvalue weighted by Crippen LogP contribution is -2.61. The monoisotopic (exact) mass is 1410 g/mol. The Kier molecular flexibility index (Phi) is 14.0. The number of hydrogen-bond donors (Lipinski definition) is 0. The maximum absolute atomic E-state index is 6.95. The average molecular weight is 1410 g/mol. The predicted octanol–water partition coefficient (Wildman–Crippen LogP) is 27.1. The Morgan fingerprint density at radius 2 is 0.673 bits per heavy atom. The van der Waals surface area contributed by atoms with Gasteiger partial charge in [-0.05, 0) is 137 Å². The van der Waals surface area contributed by atoms with E-state index in [1.165, 1.54) is 58.5 Å². The number of aromatic nitrogens is 1. The number of rotatable bonds is 10. The average Bonchev–Trinajstić information content (AvgIpc) is 0.715. The second-order valence-electron chi connectivity index (χ2n) is 29.2. The SMILES string of the molecule is c1ccc(-c2cccc(-c3ccccc3)c2N2c3ccc(-c4ccc5c(c4)sc4ccccc45)cc3B3c4ccc(-c5c6ccccc6c(-c6cccc7c6oc6ccccc67)c6ccccc56)cc4N(c4c(-c5ccccc5)cccc4-c4ccccc4)c4cc(-n5c6ccccc6c6ccccc65)cc2c43)cc1. The van der Waals surface area contributed by atoms with Gasteiger partial charge in [0.15, 0.2) is 0 Å². The molecule has 0 aliphatic carbocycles. The van der Waals surface area contributed by atoms with E-state index >= 15 is 0 Å². The van der Waals surface area contributed by atoms with Crippen LogP contribution in [0.2, 0.25) is 0 Å². The van der Waals surface area contributed by atoms with Crippen LogP contribution in [0.5, 0.6) is 0 Å². The molecule has 0 fully saturated rings. The van der Waals surface area contributed by atoms with E-state index in [0.29, 0.717) is 0 Å². The molecule has 0 saturated heterocycles. The smallest absolute Gasteiger partial charge is 0.252 e. The van der Waals surface area contributed by atoms with E-state index in [2.05, 4.69) is 403 Å². The van der Waals surface area contributed by atoms with Crippen LogP contribution in [0.4, 0.5) is 34.1 Å². The van der Waals surface area contributed by atoms with Gasteiger partial charge in [0.05, 0.1) is 28.1 Å². The van der Waals surface area contributed by atoms with Crippen molar-refractivity contribution in [3.05, 3.63) is 388 Å². The van der Waals surface area contributed by atoms with Crippen molar-refractivity contribution in [1.29, 1.82) is 0 Å². The van der Waals surface area contributed by atoms with Crippen LogP contribution in [0.1, 0.15) is 0 Å². The molecule has 0 amide bonds. The molecule has 110 heavy (non-hydrogen) atoms. The first kappa shape index (κ1) is 62.2. The summed E-state index contributed by atoms with van der Waals surface area (Å²) in [7, 11) is 0. The number of hydrogen-bond acceptors (Lipinski definition) is 4. The summed E-state index contributed by atoms with van der Waals surface area (Å²) in [4.78, 5) is 5.39. The van der Waals surface area contributed by atoms with Gasteiger partial charge in [0.25, 0.3) is 6.71 Å². The molecule has 6 heteroatoms. The number of nitrogens with zero attached hydrogens (tertiary/aromatic N) is 3. The molecule has 2 aliphatic heterocycles. The topological polar surface area (TPSA) is 24.6 Å². The number of thiophene rings is 1. The minimum absolute atomic E-state index is 0.306. The summed E-state index contributed by atoms with van der Waals surface area (Å²) in [5, 5.41) is 11.8. The Morgan fingerprint density at radius 3 is 1.25 bits per heavy atom. The summed E-state index contributed by atoms with van der Waals surface area (Å²) in [6.45, 7) is -0.306. The second-order valence-corrected chi connectivity index (χ2v) is 30.3. The van der Waals surface area contributed by atoms with Crippen molar-refractivity contribution < 1.29 is 4.42 Å². The van der Waals surface area contributed by atoms with E-state index in [1.807, 2.05) is 11.3 Å². The standard InChI is InChI=1S/C104H64BN3OS/c1-5-28-65(29-6-1)73-44-25-45-74(66-30-7-2-8-31-66)102(73)107-92-59-56-69(70-54-57-81-80-39-20-24-53-97(80)110-98(81)62-70)60-89(92)105-88-58-55-71(99-82-40-13-15-42-84(82)100(85-43-16-14-41-83(85)99)87-49-27-48-86-79-38-19-23-52-96(79)109-104(86)87)61-93(88)108(103-75(67-32-9-3-10-33-67)46-26-47-76(103)68-34-11-4-12-35-68)95-64-72(63-94(107)101(95)105)106-90-50-21-17-36-77(90)78-37-18-22-51-91(78)106/h1-64H. The van der Waals surface area contributed by atoms with Crippen LogP contribution >= 0.6 is 11.3 Å². The van der Waals surface area contributed by atoms with Gasteiger partial charge >= 0.3 is 0 Å². The van der Waals surface area contributed by atoms with Gasteiger partial charge in [-0.2, -0.15) is 0 Å². The quantitative estimate of drug-likeness (QED) is 0.101. The lowest BCUT2D eigenvalue weighted by Gasteiger charge is -2.46. The molecule has 18 aromatic carbocycles. The molecule has 0 radical (unpaired) electrons. The van der Waals surface area contributed by atoms with Gasteiger partial charge in [0, 0.05) is 97.8 Å². The van der Waals surface area contributed by atoms with E-state index < -0.39 is 0 Å². The van der Waals surface area contributed by atoms with Crippen LogP contribution in [0.3, 0.4) is 0 Å². The van der Waals surface area contributed by atoms with E-state index in [-0.39, 0.29) is 6.71 Å². The van der Waals surface area contributed by atoms with Gasteiger partial charge in [-0.3, -0.25) is 0 Å². The Morgan fingerprint density at radius 1 is 0.245 bits per heavy atom. The summed E-state index contributed by atoms with van der Waals surface area (Å²) in [6.07, 6.45) is 0. The molecule has 23 rings (SSSR count). The summed E-state index contributed by atoms with van der Waals surface area (Å²) >= 11 is 1.87. The first-order chi connectivity index (χ1) is 54.6. The Hall–Kier alpha value is -14.0. The van der Waals surface area contributed by atoms with Crippen molar-refractivity contribution in [2.45, 2.75) is 0 Å². The minimum Gasteiger partial charge on any atom is -0.455 e. The number of anilines is 6. The lowest BCUT2D eigenvalue weighted by molar-refractivity contribution is 0.670. The molecular formula is C104H64BN3OS. The van der Waals surface area contributed by atoms with Gasteiger partial charge < -0.3 is 18.8 Å². The fraction of sp³-hybridized carbons (Fsp3) is 0. The largest absolute Gasteiger partial charge is 0.455 e. The zero-order valence-corrected chi connectivity index (χ0v) is 60.5. The molecule has 2 aliphatic rings. The fourth-order valence-electron chi connectivity index (χ4n) is 18.7. The van der Waals surface area contributed by atoms with Crippen LogP contribution in [-0.2, 0) is 0 Å². The van der Waals surface area contributed by atoms with Gasteiger partial charge in [-0.1, -0.05) is 334 Å². The fourth-order valence-corrected chi connectivity index (χ4v) is 19.8. The summed E-state index contributed by atoms with van der Waals surface area (Å²) in [6, 6.07) is 145. The molecule has 0 N–H and O–H groups in total. The first-order valence-corrected chi connectivity index (χ1v) is 38.7. The zero-order chi connectivity index (χ0) is 72.1. The molecule has 0 atom stereocenters. The van der Waals surface area contributed by atoms with Crippen LogP contribution < -0.4 is 26.2 Å². The van der Waals surface area contributed by atoms with Gasteiger partial charge in [-0.25, -0.2) is 0 Å². The molecule has 3 aromatic heterocycles. The molecule has 5 heterocycles. The number of furan rings is 1. The van der Waals surface area contributed by atoms with Crippen LogP contribution in [0.25, 0.3) is 169 Å². The Labute approximate surface area is 640 Å². The van der Waals surface area contributed by atoms with Crippen LogP contribution in [0.15, 0.2) is 393 Å². The summed E-state index contributed by atoms with van der Waals surface area (Å²) in [5.41, 5.74) is 31.2. The second kappa shape index (κ2) is 24.8. The maximum Gasteiger partial charge on any atom is 0.252 e. The van der Waals surface area contributed by atoms with Gasteiger partial charge in [0.1, 0.15) is 11.2 Å². The highest BCUT2D eigenvalue weighted by Gasteiger charge is 2.46. The van der Waals surface area contributed by atoms with Crippen molar-refractivity contribution in [2.75, 3.05) is 9.80 Å². The summed E-state index contributed by atoms with van der Waals surface area (Å²) < 4.78 is 12.0. The first-order valence-electron chi connectivity index (χ1n) is 37.9. The summed E-state index contributed by atoms with van der Waals surface area (Å²) in [5.74, 6) is 0. The molecule has 4 nitrogen and oxygen atoms in total. The molecular weight excluding hydrogens is 1350 g/mol. The van der Waals surface area contributed by atoms with Crippen molar-refractivity contribution >= 4 is 154 Å². The van der Waals surface area contributed by atoms with Crippen LogP contribution in [-0.4, -0.2) is 11.3 Å². The predicted molar refractivity (Wildman–Crippen MR) is 468 cm³/mol. The molecule has 0 unspecified atom stereocenters.